The molecule has 9 nitrogen and oxygen atoms in total. The molecule has 3 saturated heterocycles. The van der Waals surface area contributed by atoms with Crippen LogP contribution >= 0.6 is 0 Å². The molecule has 0 spiro atoms. The van der Waals surface area contributed by atoms with Crippen molar-refractivity contribution in [3.05, 3.63) is 46.5 Å². The number of rotatable bonds is 3. The van der Waals surface area contributed by atoms with E-state index in [2.05, 4.69) is 30.7 Å². The van der Waals surface area contributed by atoms with E-state index in [0.717, 1.165) is 30.7 Å². The van der Waals surface area contributed by atoms with Gasteiger partial charge in [0.1, 0.15) is 11.6 Å². The summed E-state index contributed by atoms with van der Waals surface area (Å²) >= 11 is 0. The molecule has 2 bridgehead atoms. The number of nitrogens with two attached hydrogens (primary N) is 1. The van der Waals surface area contributed by atoms with Crippen LogP contribution in [-0.2, 0) is 13.6 Å². The Morgan fingerprint density at radius 1 is 1.12 bits per heavy atom. The van der Waals surface area contributed by atoms with Crippen LogP contribution in [0.3, 0.4) is 0 Å². The van der Waals surface area contributed by atoms with Crippen molar-refractivity contribution in [2.24, 2.45) is 12.5 Å². The second kappa shape index (κ2) is 7.60. The fourth-order valence-corrected chi connectivity index (χ4v) is 5.11. The van der Waals surface area contributed by atoms with Gasteiger partial charge >= 0.3 is 5.69 Å². The number of imidazole rings is 1. The van der Waals surface area contributed by atoms with Crippen LogP contribution in [0.2, 0.25) is 0 Å². The first kappa shape index (κ1) is 21.5. The zero-order valence-electron chi connectivity index (χ0n) is 19.7. The normalized spacial score (nSPS) is 20.6. The van der Waals surface area contributed by atoms with Crippen LogP contribution in [0.5, 0.6) is 0 Å². The Morgan fingerprint density at radius 2 is 1.88 bits per heavy atom. The number of aryl methyl sites for hydroxylation is 1. The van der Waals surface area contributed by atoms with Gasteiger partial charge in [0.05, 0.1) is 11.1 Å². The van der Waals surface area contributed by atoms with Gasteiger partial charge in [0, 0.05) is 45.0 Å². The van der Waals surface area contributed by atoms with Crippen molar-refractivity contribution in [2.45, 2.75) is 52.2 Å². The van der Waals surface area contributed by atoms with Crippen LogP contribution in [0, 0.1) is 5.41 Å². The number of nitrogen functional groups attached to an aromatic ring is 1. The molecule has 33 heavy (non-hydrogen) atoms. The van der Waals surface area contributed by atoms with Gasteiger partial charge in [-0.05, 0) is 42.5 Å². The zero-order valence-corrected chi connectivity index (χ0v) is 19.7. The summed E-state index contributed by atoms with van der Waals surface area (Å²) in [6.07, 6.45) is 3.53. The van der Waals surface area contributed by atoms with E-state index in [4.69, 9.17) is 10.7 Å². The first-order valence-corrected chi connectivity index (χ1v) is 11.5. The van der Waals surface area contributed by atoms with E-state index < -0.39 is 0 Å². The van der Waals surface area contributed by atoms with E-state index >= 15 is 0 Å². The number of pyridine rings is 2. The molecule has 0 aliphatic carbocycles. The standard InChI is InChI=1S/C24H31N7O2/c1-24(2,3)14-31-18-8-10-20(27-21(18)28(4)23(31)33)29-12-17-7-6-16(29)13-30(17)22(32)15-5-9-19(25)26-11-15/h5,8-11,16-17H,6-7,12-14H2,1-4H3,(H2,25,26). The summed E-state index contributed by atoms with van der Waals surface area (Å²) in [6, 6.07) is 7.74. The summed E-state index contributed by atoms with van der Waals surface area (Å²) in [5, 5.41) is 0. The van der Waals surface area contributed by atoms with E-state index in [-0.39, 0.29) is 29.1 Å². The first-order valence-electron chi connectivity index (χ1n) is 11.5. The Kier molecular flexibility index (Phi) is 4.95. The highest BCUT2D eigenvalue weighted by molar-refractivity contribution is 5.94. The summed E-state index contributed by atoms with van der Waals surface area (Å²) in [5.41, 5.74) is 7.73. The van der Waals surface area contributed by atoms with Gasteiger partial charge in [0.25, 0.3) is 5.91 Å². The number of amides is 1. The molecule has 174 valence electrons. The van der Waals surface area contributed by atoms with Crippen molar-refractivity contribution in [1.29, 1.82) is 0 Å². The Hall–Kier alpha value is -3.36. The van der Waals surface area contributed by atoms with Gasteiger partial charge in [-0.1, -0.05) is 20.8 Å². The summed E-state index contributed by atoms with van der Waals surface area (Å²) in [4.78, 5) is 39.2. The van der Waals surface area contributed by atoms with Crippen LogP contribution in [0.25, 0.3) is 11.2 Å². The predicted octanol–water partition coefficient (Wildman–Crippen LogP) is 2.25. The van der Waals surface area contributed by atoms with Crippen LogP contribution in [0.4, 0.5) is 11.6 Å². The van der Waals surface area contributed by atoms with Crippen molar-refractivity contribution >= 4 is 28.7 Å². The van der Waals surface area contributed by atoms with Gasteiger partial charge in [0.15, 0.2) is 5.65 Å². The molecule has 2 atom stereocenters. The molecule has 3 aromatic heterocycles. The van der Waals surface area contributed by atoms with Crippen molar-refractivity contribution in [3.63, 3.8) is 0 Å². The van der Waals surface area contributed by atoms with Crippen molar-refractivity contribution in [2.75, 3.05) is 23.7 Å². The molecule has 0 saturated carbocycles. The lowest BCUT2D eigenvalue weighted by molar-refractivity contribution is 0.0504. The lowest BCUT2D eigenvalue weighted by Crippen LogP contribution is -2.64. The second-order valence-corrected chi connectivity index (χ2v) is 10.5. The van der Waals surface area contributed by atoms with Crippen LogP contribution in [0.15, 0.2) is 35.3 Å². The Bertz CT molecular complexity index is 1270. The maximum absolute atomic E-state index is 13.1. The number of hydrogen-bond donors (Lipinski definition) is 1. The minimum absolute atomic E-state index is 0.00177. The molecule has 3 fully saturated rings. The quantitative estimate of drug-likeness (QED) is 0.658. The van der Waals surface area contributed by atoms with Crippen molar-refractivity contribution < 1.29 is 4.79 Å². The number of piperazine rings is 1. The number of carbonyl (C=O) groups is 1. The fraction of sp³-hybridized carbons (Fsp3) is 0.500. The predicted molar refractivity (Wildman–Crippen MR) is 128 cm³/mol. The van der Waals surface area contributed by atoms with Crippen LogP contribution in [0.1, 0.15) is 44.0 Å². The molecule has 6 rings (SSSR count). The highest BCUT2D eigenvalue weighted by Crippen LogP contribution is 2.33. The largest absolute Gasteiger partial charge is 0.384 e. The van der Waals surface area contributed by atoms with Crippen molar-refractivity contribution in [3.8, 4) is 0 Å². The van der Waals surface area contributed by atoms with E-state index in [1.54, 1.807) is 29.9 Å². The highest BCUT2D eigenvalue weighted by atomic mass is 16.2. The molecule has 3 aliphatic heterocycles. The van der Waals surface area contributed by atoms with Crippen molar-refractivity contribution in [1.82, 2.24) is 24.0 Å². The van der Waals surface area contributed by atoms with Gasteiger partial charge in [-0.25, -0.2) is 14.8 Å². The third-order valence-corrected chi connectivity index (χ3v) is 6.72. The fourth-order valence-electron chi connectivity index (χ4n) is 5.11. The molecule has 2 N–H and O–H groups in total. The SMILES string of the molecule is Cn1c(=O)n(CC(C)(C)C)c2ccc(N3CC4CCC3CN4C(=O)c3ccc(N)nc3)nc21. The number of nitrogens with zero attached hydrogens (tertiary/aromatic N) is 6. The van der Waals surface area contributed by atoms with Gasteiger partial charge in [-0.3, -0.25) is 13.9 Å². The van der Waals surface area contributed by atoms with E-state index in [0.29, 0.717) is 30.1 Å². The van der Waals surface area contributed by atoms with Crippen LogP contribution < -0.4 is 16.3 Å². The molecule has 0 aromatic carbocycles. The number of anilines is 2. The summed E-state index contributed by atoms with van der Waals surface area (Å²) in [6.45, 7) is 8.38. The minimum atomic E-state index is -0.0429. The van der Waals surface area contributed by atoms with Crippen LogP contribution in [-0.4, -0.2) is 55.1 Å². The maximum atomic E-state index is 13.1. The maximum Gasteiger partial charge on any atom is 0.330 e. The average Bonchev–Trinajstić information content (AvgIpc) is 3.02. The Balaban J connectivity index is 1.42. The summed E-state index contributed by atoms with van der Waals surface area (Å²) < 4.78 is 3.45. The Labute approximate surface area is 192 Å². The topological polar surface area (TPSA) is 102 Å². The average molecular weight is 450 g/mol. The zero-order chi connectivity index (χ0) is 23.5. The number of fused-ring (bicyclic) bond motifs is 4. The van der Waals surface area contributed by atoms with Gasteiger partial charge < -0.3 is 15.5 Å². The second-order valence-electron chi connectivity index (χ2n) is 10.5. The molecule has 3 aliphatic rings. The number of aromatic nitrogens is 4. The molecular formula is C24H31N7O2. The third-order valence-electron chi connectivity index (χ3n) is 6.72. The number of hydrogen-bond acceptors (Lipinski definition) is 6. The molecule has 0 radical (unpaired) electrons. The minimum Gasteiger partial charge on any atom is -0.384 e. The molecule has 9 heteroatoms. The van der Waals surface area contributed by atoms with E-state index in [1.807, 2.05) is 21.6 Å². The number of piperidine rings is 2. The monoisotopic (exact) mass is 449 g/mol. The van der Waals surface area contributed by atoms with Gasteiger partial charge in [-0.15, -0.1) is 0 Å². The molecule has 2 unspecified atom stereocenters. The van der Waals surface area contributed by atoms with E-state index in [1.165, 1.54) is 0 Å². The lowest BCUT2D eigenvalue weighted by Gasteiger charge is -2.52. The number of carbonyl (C=O) groups excluding carboxylic acids is 1. The first-order chi connectivity index (χ1) is 15.6. The Morgan fingerprint density at radius 3 is 2.52 bits per heavy atom. The smallest absolute Gasteiger partial charge is 0.330 e. The summed E-state index contributed by atoms with van der Waals surface area (Å²) in [7, 11) is 1.78. The lowest BCUT2D eigenvalue weighted by atomic mass is 9.90. The van der Waals surface area contributed by atoms with Gasteiger partial charge in [-0.2, -0.15) is 0 Å². The molecule has 3 aromatic rings. The molecule has 1 amide bonds. The highest BCUT2D eigenvalue weighted by Gasteiger charge is 2.42. The van der Waals surface area contributed by atoms with E-state index in [9.17, 15) is 9.59 Å². The third kappa shape index (κ3) is 3.75. The molecule has 6 heterocycles. The summed E-state index contributed by atoms with van der Waals surface area (Å²) in [5.74, 6) is 1.27. The molecular weight excluding hydrogens is 418 g/mol. The van der Waals surface area contributed by atoms with Gasteiger partial charge in [0.2, 0.25) is 0 Å².